The monoisotopic (exact) mass is 305 g/mol. The lowest BCUT2D eigenvalue weighted by molar-refractivity contribution is 0.393. The summed E-state index contributed by atoms with van der Waals surface area (Å²) < 4.78 is 10.8. The molecule has 1 N–H and O–H groups in total. The average molecular weight is 305 g/mol. The highest BCUT2D eigenvalue weighted by Gasteiger charge is 2.24. The fraction of sp³-hybridized carbons (Fsp3) is 0.200. The van der Waals surface area contributed by atoms with Crippen molar-refractivity contribution in [2.45, 2.75) is 12.5 Å². The molecule has 116 valence electrons. The lowest BCUT2D eigenvalue weighted by Gasteiger charge is -2.14. The van der Waals surface area contributed by atoms with Gasteiger partial charge in [0.15, 0.2) is 0 Å². The third kappa shape index (κ3) is 2.38. The first-order valence-electron chi connectivity index (χ1n) is 7.78. The van der Waals surface area contributed by atoms with E-state index in [-0.39, 0.29) is 6.04 Å². The highest BCUT2D eigenvalue weighted by atomic mass is 16.5. The van der Waals surface area contributed by atoms with E-state index in [1.807, 2.05) is 6.07 Å². The number of fused-ring (bicyclic) bond motifs is 3. The lowest BCUT2D eigenvalue weighted by Crippen LogP contribution is -2.06. The van der Waals surface area contributed by atoms with E-state index in [2.05, 4.69) is 53.8 Å². The molecule has 0 saturated heterocycles. The number of hydrogen-bond acceptors (Lipinski definition) is 3. The fourth-order valence-corrected chi connectivity index (χ4v) is 3.37. The van der Waals surface area contributed by atoms with Crippen molar-refractivity contribution in [3.8, 4) is 11.5 Å². The number of methoxy groups -OCH3 is 2. The molecule has 3 aromatic rings. The summed E-state index contributed by atoms with van der Waals surface area (Å²) in [7, 11) is 3.37. The molecule has 0 aromatic heterocycles. The van der Waals surface area contributed by atoms with Crippen molar-refractivity contribution in [3.63, 3.8) is 0 Å². The number of rotatable bonds is 3. The van der Waals surface area contributed by atoms with E-state index in [1.54, 1.807) is 14.2 Å². The molecule has 1 heterocycles. The molecule has 4 rings (SSSR count). The molecule has 1 atom stereocenters. The molecule has 1 unspecified atom stereocenters. The molecule has 0 saturated carbocycles. The van der Waals surface area contributed by atoms with Gasteiger partial charge in [0.1, 0.15) is 11.5 Å². The Bertz CT molecular complexity index is 850. The van der Waals surface area contributed by atoms with Crippen LogP contribution in [-0.2, 0) is 6.42 Å². The number of nitrogens with one attached hydrogen (secondary N) is 1. The summed E-state index contributed by atoms with van der Waals surface area (Å²) >= 11 is 0. The second-order valence-corrected chi connectivity index (χ2v) is 5.86. The molecule has 1 aliphatic heterocycles. The van der Waals surface area contributed by atoms with Crippen molar-refractivity contribution >= 4 is 16.5 Å². The van der Waals surface area contributed by atoms with Crippen LogP contribution in [0.2, 0.25) is 0 Å². The SMILES string of the molecule is COc1cc(OC)cc(C2Cc3c(ccc4ccccc34)N2)c1. The predicted molar refractivity (Wildman–Crippen MR) is 93.6 cm³/mol. The van der Waals surface area contributed by atoms with Gasteiger partial charge in [-0.3, -0.25) is 0 Å². The Balaban J connectivity index is 1.74. The molecule has 3 nitrogen and oxygen atoms in total. The first kappa shape index (κ1) is 13.9. The first-order chi connectivity index (χ1) is 11.3. The molecule has 0 spiro atoms. The Morgan fingerprint density at radius 3 is 2.39 bits per heavy atom. The smallest absolute Gasteiger partial charge is 0.122 e. The Morgan fingerprint density at radius 1 is 0.913 bits per heavy atom. The second-order valence-electron chi connectivity index (χ2n) is 5.86. The van der Waals surface area contributed by atoms with E-state index in [9.17, 15) is 0 Å². The van der Waals surface area contributed by atoms with Gasteiger partial charge < -0.3 is 14.8 Å². The van der Waals surface area contributed by atoms with Crippen LogP contribution in [0.4, 0.5) is 5.69 Å². The summed E-state index contributed by atoms with van der Waals surface area (Å²) in [5.41, 5.74) is 3.78. The molecule has 0 amide bonds. The molecule has 0 fully saturated rings. The summed E-state index contributed by atoms with van der Waals surface area (Å²) in [6.45, 7) is 0. The lowest BCUT2D eigenvalue weighted by atomic mass is 9.98. The van der Waals surface area contributed by atoms with E-state index in [0.29, 0.717) is 0 Å². The molecular formula is C20H19NO2. The molecule has 1 aliphatic rings. The molecule has 3 heteroatoms. The molecule has 0 radical (unpaired) electrons. The summed E-state index contributed by atoms with van der Waals surface area (Å²) in [6, 6.07) is 19.2. The van der Waals surface area contributed by atoms with E-state index in [4.69, 9.17) is 9.47 Å². The maximum absolute atomic E-state index is 5.40. The van der Waals surface area contributed by atoms with Crippen molar-refractivity contribution in [1.29, 1.82) is 0 Å². The highest BCUT2D eigenvalue weighted by molar-refractivity contribution is 5.91. The molecule has 23 heavy (non-hydrogen) atoms. The number of anilines is 1. The van der Waals surface area contributed by atoms with Crippen LogP contribution in [0.5, 0.6) is 11.5 Å². The third-order valence-electron chi connectivity index (χ3n) is 4.55. The van der Waals surface area contributed by atoms with Gasteiger partial charge in [-0.1, -0.05) is 30.3 Å². The summed E-state index contributed by atoms with van der Waals surface area (Å²) in [5.74, 6) is 1.64. The normalized spacial score (nSPS) is 16.0. The minimum atomic E-state index is 0.236. The highest BCUT2D eigenvalue weighted by Crippen LogP contribution is 2.40. The third-order valence-corrected chi connectivity index (χ3v) is 4.55. The zero-order valence-electron chi connectivity index (χ0n) is 13.3. The van der Waals surface area contributed by atoms with Crippen LogP contribution in [-0.4, -0.2) is 14.2 Å². The summed E-state index contributed by atoms with van der Waals surface area (Å²) in [6.07, 6.45) is 0.965. The van der Waals surface area contributed by atoms with E-state index >= 15 is 0 Å². The van der Waals surface area contributed by atoms with Crippen LogP contribution in [0.1, 0.15) is 17.2 Å². The molecular weight excluding hydrogens is 286 g/mol. The van der Waals surface area contributed by atoms with E-state index in [0.717, 1.165) is 17.9 Å². The Labute approximate surface area is 135 Å². The van der Waals surface area contributed by atoms with Crippen molar-refractivity contribution < 1.29 is 9.47 Å². The van der Waals surface area contributed by atoms with Crippen LogP contribution in [0.15, 0.2) is 54.6 Å². The standard InChI is InChI=1S/C20H19NO2/c1-22-15-9-14(10-16(11-15)23-2)20-12-18-17-6-4-3-5-13(17)7-8-19(18)21-20/h3-11,20-21H,12H2,1-2H3. The first-order valence-corrected chi connectivity index (χ1v) is 7.78. The van der Waals surface area contributed by atoms with Gasteiger partial charge in [-0.05, 0) is 46.5 Å². The minimum absolute atomic E-state index is 0.236. The topological polar surface area (TPSA) is 30.5 Å². The Kier molecular flexibility index (Phi) is 3.34. The van der Waals surface area contributed by atoms with E-state index < -0.39 is 0 Å². The van der Waals surface area contributed by atoms with Gasteiger partial charge in [0.05, 0.1) is 20.3 Å². The molecule has 0 aliphatic carbocycles. The van der Waals surface area contributed by atoms with Crippen molar-refractivity contribution in [2.24, 2.45) is 0 Å². The van der Waals surface area contributed by atoms with Crippen LogP contribution >= 0.6 is 0 Å². The van der Waals surface area contributed by atoms with Crippen LogP contribution in [0.3, 0.4) is 0 Å². The van der Waals surface area contributed by atoms with Crippen LogP contribution in [0.25, 0.3) is 10.8 Å². The Morgan fingerprint density at radius 2 is 1.65 bits per heavy atom. The molecule has 3 aromatic carbocycles. The van der Waals surface area contributed by atoms with Gasteiger partial charge in [-0.15, -0.1) is 0 Å². The van der Waals surface area contributed by atoms with Crippen molar-refractivity contribution in [2.75, 3.05) is 19.5 Å². The molecule has 0 bridgehead atoms. The number of ether oxygens (including phenoxy) is 2. The zero-order valence-corrected chi connectivity index (χ0v) is 13.3. The largest absolute Gasteiger partial charge is 0.497 e. The van der Waals surface area contributed by atoms with Crippen molar-refractivity contribution in [1.82, 2.24) is 0 Å². The van der Waals surface area contributed by atoms with Gasteiger partial charge in [-0.2, -0.15) is 0 Å². The van der Waals surface area contributed by atoms with Gasteiger partial charge in [0.25, 0.3) is 0 Å². The van der Waals surface area contributed by atoms with Crippen LogP contribution < -0.4 is 14.8 Å². The van der Waals surface area contributed by atoms with Gasteiger partial charge in [-0.25, -0.2) is 0 Å². The number of hydrogen-bond donors (Lipinski definition) is 1. The van der Waals surface area contributed by atoms with Gasteiger partial charge in [0.2, 0.25) is 0 Å². The fourth-order valence-electron chi connectivity index (χ4n) is 3.37. The predicted octanol–water partition coefficient (Wildman–Crippen LogP) is 4.57. The van der Waals surface area contributed by atoms with Crippen LogP contribution in [0, 0.1) is 0 Å². The van der Waals surface area contributed by atoms with Gasteiger partial charge in [0, 0.05) is 11.8 Å². The second kappa shape index (κ2) is 5.51. The zero-order chi connectivity index (χ0) is 15.8. The van der Waals surface area contributed by atoms with Crippen molar-refractivity contribution in [3.05, 3.63) is 65.7 Å². The quantitative estimate of drug-likeness (QED) is 0.769. The maximum Gasteiger partial charge on any atom is 0.122 e. The Hall–Kier alpha value is -2.68. The average Bonchev–Trinajstić information content (AvgIpc) is 3.06. The van der Waals surface area contributed by atoms with E-state index in [1.165, 1.54) is 27.6 Å². The summed E-state index contributed by atoms with van der Waals surface area (Å²) in [4.78, 5) is 0. The number of benzene rings is 3. The summed E-state index contributed by atoms with van der Waals surface area (Å²) in [5, 5.41) is 6.25. The van der Waals surface area contributed by atoms with Gasteiger partial charge >= 0.3 is 0 Å². The minimum Gasteiger partial charge on any atom is -0.497 e. The maximum atomic E-state index is 5.40.